The van der Waals surface area contributed by atoms with Crippen LogP contribution in [0.5, 0.6) is 0 Å². The van der Waals surface area contributed by atoms with Crippen molar-refractivity contribution in [3.8, 4) is 0 Å². The van der Waals surface area contributed by atoms with Crippen LogP contribution >= 0.6 is 0 Å². The molecular formula is C5H7NO2. The van der Waals surface area contributed by atoms with Crippen LogP contribution in [0.3, 0.4) is 0 Å². The Morgan fingerprint density at radius 2 is 2.62 bits per heavy atom. The van der Waals surface area contributed by atoms with E-state index in [9.17, 15) is 4.79 Å². The van der Waals surface area contributed by atoms with Crippen LogP contribution in [0.25, 0.3) is 0 Å². The number of carbonyl (C=O) groups is 1. The van der Waals surface area contributed by atoms with E-state index in [-0.39, 0.29) is 5.91 Å². The van der Waals surface area contributed by atoms with Gasteiger partial charge in [-0.1, -0.05) is 6.08 Å². The summed E-state index contributed by atoms with van der Waals surface area (Å²) < 4.78 is 4.85. The van der Waals surface area contributed by atoms with Gasteiger partial charge in [-0.25, -0.2) is 0 Å². The molecule has 0 aromatic rings. The first-order chi connectivity index (χ1) is 3.89. The number of amides is 1. The molecule has 0 aliphatic carbocycles. The zero-order valence-corrected chi connectivity index (χ0v) is 4.39. The summed E-state index contributed by atoms with van der Waals surface area (Å²) in [5, 5.41) is 2.50. The Morgan fingerprint density at radius 3 is 3.50 bits per heavy atom. The lowest BCUT2D eigenvalue weighted by Crippen LogP contribution is -2.21. The third-order valence-electron chi connectivity index (χ3n) is 0.832. The van der Waals surface area contributed by atoms with E-state index >= 15 is 0 Å². The molecular weight excluding hydrogens is 106 g/mol. The zero-order valence-electron chi connectivity index (χ0n) is 4.39. The van der Waals surface area contributed by atoms with Gasteiger partial charge in [-0.3, -0.25) is 4.79 Å². The van der Waals surface area contributed by atoms with Crippen molar-refractivity contribution in [3.05, 3.63) is 12.2 Å². The van der Waals surface area contributed by atoms with Crippen LogP contribution in [0.4, 0.5) is 0 Å². The lowest BCUT2D eigenvalue weighted by molar-refractivity contribution is -0.117. The van der Waals surface area contributed by atoms with Gasteiger partial charge in [0.25, 0.3) is 0 Å². The van der Waals surface area contributed by atoms with Crippen molar-refractivity contribution >= 4 is 5.91 Å². The number of hydrogen-bond donors (Lipinski definition) is 1. The highest BCUT2D eigenvalue weighted by atomic mass is 16.5. The average molecular weight is 113 g/mol. The van der Waals surface area contributed by atoms with E-state index in [4.69, 9.17) is 4.74 Å². The summed E-state index contributed by atoms with van der Waals surface area (Å²) in [4.78, 5) is 10.4. The minimum Gasteiger partial charge on any atom is -0.357 e. The second-order valence-corrected chi connectivity index (χ2v) is 1.46. The second-order valence-electron chi connectivity index (χ2n) is 1.46. The Morgan fingerprint density at radius 1 is 1.75 bits per heavy atom. The maximum atomic E-state index is 10.4. The van der Waals surface area contributed by atoms with Crippen molar-refractivity contribution in [2.24, 2.45) is 0 Å². The molecule has 0 aromatic carbocycles. The lowest BCUT2D eigenvalue weighted by Gasteiger charge is -1.95. The van der Waals surface area contributed by atoms with Gasteiger partial charge < -0.3 is 10.1 Å². The van der Waals surface area contributed by atoms with Crippen LogP contribution in [0, 0.1) is 0 Å². The van der Waals surface area contributed by atoms with Gasteiger partial charge in [0, 0.05) is 6.08 Å². The molecule has 1 rings (SSSR count). The average Bonchev–Trinajstić information content (AvgIpc) is 1.94. The molecule has 44 valence electrons. The molecule has 0 aromatic heterocycles. The fourth-order valence-corrected chi connectivity index (χ4v) is 0.463. The maximum Gasteiger partial charge on any atom is 0.245 e. The van der Waals surface area contributed by atoms with Crippen LogP contribution in [-0.2, 0) is 9.53 Å². The van der Waals surface area contributed by atoms with Crippen LogP contribution in [0.1, 0.15) is 0 Å². The summed E-state index contributed by atoms with van der Waals surface area (Å²) in [5.74, 6) is -0.0810. The van der Waals surface area contributed by atoms with E-state index < -0.39 is 0 Å². The van der Waals surface area contributed by atoms with Gasteiger partial charge in [0.2, 0.25) is 5.91 Å². The van der Waals surface area contributed by atoms with Gasteiger partial charge in [-0.05, 0) is 0 Å². The predicted octanol–water partition coefficient (Wildman–Crippen LogP) is -0.354. The van der Waals surface area contributed by atoms with E-state index in [0.29, 0.717) is 13.3 Å². The van der Waals surface area contributed by atoms with Gasteiger partial charge in [0.15, 0.2) is 0 Å². The Hall–Kier alpha value is -0.830. The maximum absolute atomic E-state index is 10.4. The van der Waals surface area contributed by atoms with Gasteiger partial charge in [0.1, 0.15) is 6.73 Å². The van der Waals surface area contributed by atoms with Crippen molar-refractivity contribution in [2.75, 3.05) is 13.3 Å². The molecule has 0 saturated carbocycles. The number of ether oxygens (including phenoxy) is 1. The summed E-state index contributed by atoms with van der Waals surface area (Å²) in [6, 6.07) is 0. The molecule has 3 nitrogen and oxygen atoms in total. The van der Waals surface area contributed by atoms with Crippen LogP contribution in [0.15, 0.2) is 12.2 Å². The minimum atomic E-state index is -0.0810. The monoisotopic (exact) mass is 113 g/mol. The van der Waals surface area contributed by atoms with Crippen molar-refractivity contribution in [1.82, 2.24) is 5.32 Å². The molecule has 3 heteroatoms. The first-order valence-corrected chi connectivity index (χ1v) is 2.42. The van der Waals surface area contributed by atoms with Crippen LogP contribution in [0.2, 0.25) is 0 Å². The third-order valence-corrected chi connectivity index (χ3v) is 0.832. The normalized spacial score (nSPS) is 19.8. The summed E-state index contributed by atoms with van der Waals surface area (Å²) in [6.45, 7) is 0.852. The SMILES string of the molecule is O=C1C=CCOCN1. The zero-order chi connectivity index (χ0) is 5.82. The Kier molecular flexibility index (Phi) is 1.64. The molecule has 1 aliphatic heterocycles. The molecule has 0 spiro atoms. The topological polar surface area (TPSA) is 38.3 Å². The Bertz CT molecular complexity index is 120. The number of hydrogen-bond acceptors (Lipinski definition) is 2. The van der Waals surface area contributed by atoms with Crippen LogP contribution < -0.4 is 5.32 Å². The highest BCUT2D eigenvalue weighted by molar-refractivity contribution is 5.87. The van der Waals surface area contributed by atoms with Crippen molar-refractivity contribution in [3.63, 3.8) is 0 Å². The lowest BCUT2D eigenvalue weighted by atomic mass is 10.5. The fraction of sp³-hybridized carbons (Fsp3) is 0.400. The first kappa shape index (κ1) is 5.31. The fourth-order valence-electron chi connectivity index (χ4n) is 0.463. The molecule has 1 aliphatic rings. The summed E-state index contributed by atoms with van der Waals surface area (Å²) in [6.07, 6.45) is 3.15. The summed E-state index contributed by atoms with van der Waals surface area (Å²) >= 11 is 0. The first-order valence-electron chi connectivity index (χ1n) is 2.42. The van der Waals surface area contributed by atoms with Gasteiger partial charge in [-0.2, -0.15) is 0 Å². The van der Waals surface area contributed by atoms with Crippen molar-refractivity contribution in [2.45, 2.75) is 0 Å². The quantitative estimate of drug-likeness (QED) is 0.466. The molecule has 0 fully saturated rings. The van der Waals surface area contributed by atoms with E-state index in [1.165, 1.54) is 6.08 Å². The molecule has 1 N–H and O–H groups in total. The van der Waals surface area contributed by atoms with Gasteiger partial charge in [-0.15, -0.1) is 0 Å². The number of nitrogens with one attached hydrogen (secondary N) is 1. The molecule has 0 bridgehead atoms. The van der Waals surface area contributed by atoms with E-state index in [2.05, 4.69) is 5.32 Å². The largest absolute Gasteiger partial charge is 0.357 e. The molecule has 8 heavy (non-hydrogen) atoms. The molecule has 0 atom stereocenters. The van der Waals surface area contributed by atoms with Gasteiger partial charge in [0.05, 0.1) is 6.61 Å². The highest BCUT2D eigenvalue weighted by Crippen LogP contribution is 1.81. The van der Waals surface area contributed by atoms with Crippen molar-refractivity contribution < 1.29 is 9.53 Å². The van der Waals surface area contributed by atoms with Gasteiger partial charge >= 0.3 is 0 Å². The summed E-state index contributed by atoms with van der Waals surface area (Å²) in [5.41, 5.74) is 0. The predicted molar refractivity (Wildman–Crippen MR) is 28.1 cm³/mol. The van der Waals surface area contributed by atoms with E-state index in [1.807, 2.05) is 0 Å². The number of rotatable bonds is 0. The Balaban J connectivity index is 2.44. The molecule has 0 radical (unpaired) electrons. The van der Waals surface area contributed by atoms with Crippen molar-refractivity contribution in [1.29, 1.82) is 0 Å². The molecule has 0 saturated heterocycles. The van der Waals surface area contributed by atoms with Crippen LogP contribution in [-0.4, -0.2) is 19.2 Å². The smallest absolute Gasteiger partial charge is 0.245 e. The van der Waals surface area contributed by atoms with E-state index in [0.717, 1.165) is 0 Å². The standard InChI is InChI=1S/C5H7NO2/c7-5-2-1-3-8-4-6-5/h1-2H,3-4H2,(H,6,7). The second kappa shape index (κ2) is 2.47. The highest BCUT2D eigenvalue weighted by Gasteiger charge is 1.95. The summed E-state index contributed by atoms with van der Waals surface area (Å²) in [7, 11) is 0. The Labute approximate surface area is 47.3 Å². The number of carbonyl (C=O) groups excluding carboxylic acids is 1. The third kappa shape index (κ3) is 1.35. The minimum absolute atomic E-state index is 0.0810. The molecule has 0 unspecified atom stereocenters. The van der Waals surface area contributed by atoms with E-state index in [1.54, 1.807) is 6.08 Å². The molecule has 1 heterocycles. The molecule has 1 amide bonds.